The fraction of sp³-hybridized carbons (Fsp3) is 0.444. The minimum atomic E-state index is -0.673. The summed E-state index contributed by atoms with van der Waals surface area (Å²) < 4.78 is 13.5. The van der Waals surface area contributed by atoms with Gasteiger partial charge in [-0.15, -0.1) is 0 Å². The molecule has 8 heteroatoms. The number of likely N-dealkylation sites (tertiary alicyclic amines) is 2. The third-order valence-electron chi connectivity index (χ3n) is 9.90. The summed E-state index contributed by atoms with van der Waals surface area (Å²) in [7, 11) is 0. The normalized spacial score (nSPS) is 27.8. The van der Waals surface area contributed by atoms with E-state index in [0.29, 0.717) is 22.9 Å². The maximum absolute atomic E-state index is 13.2. The first kappa shape index (κ1) is 29.3. The van der Waals surface area contributed by atoms with Crippen LogP contribution >= 0.6 is 0 Å². The highest BCUT2D eigenvalue weighted by atomic mass is 16.7. The fourth-order valence-electron chi connectivity index (χ4n) is 7.40. The molecule has 1 N–H and O–H groups in total. The fourth-order valence-corrected chi connectivity index (χ4v) is 7.40. The Bertz CT molecular complexity index is 1470. The highest BCUT2D eigenvalue weighted by molar-refractivity contribution is 6.34. The lowest BCUT2D eigenvalue weighted by Crippen LogP contribution is -2.48. The number of fused-ring (bicyclic) bond motifs is 1. The van der Waals surface area contributed by atoms with E-state index in [1.54, 1.807) is 30.3 Å². The summed E-state index contributed by atoms with van der Waals surface area (Å²) in [6.07, 6.45) is 4.02. The number of carbonyl (C=O) groups excluding carboxylic acids is 2. The van der Waals surface area contributed by atoms with E-state index >= 15 is 0 Å². The zero-order valence-electron chi connectivity index (χ0n) is 25.3. The SMILES string of the molecule is CC1C(CN2CCCC2CN2CCCC2)OC(c2cccc(N3C(=O)c4ccccc4C3=O)c2)OC1c1ccc(CO)cc1. The van der Waals surface area contributed by atoms with Crippen LogP contribution < -0.4 is 4.90 Å². The number of ether oxygens (including phenoxy) is 2. The highest BCUT2D eigenvalue weighted by Crippen LogP contribution is 2.43. The van der Waals surface area contributed by atoms with Crippen LogP contribution in [0.25, 0.3) is 0 Å². The van der Waals surface area contributed by atoms with E-state index in [-0.39, 0.29) is 36.5 Å². The van der Waals surface area contributed by atoms with Gasteiger partial charge in [0.15, 0.2) is 6.29 Å². The molecule has 0 radical (unpaired) electrons. The molecule has 3 aromatic rings. The first-order valence-corrected chi connectivity index (χ1v) is 16.0. The Hall–Kier alpha value is -3.40. The first-order chi connectivity index (χ1) is 21.5. The zero-order chi connectivity index (χ0) is 30.2. The van der Waals surface area contributed by atoms with Gasteiger partial charge in [0.1, 0.15) is 0 Å². The van der Waals surface area contributed by atoms with Crippen LogP contribution in [-0.2, 0) is 16.1 Å². The van der Waals surface area contributed by atoms with Gasteiger partial charge in [0.05, 0.1) is 35.6 Å². The van der Waals surface area contributed by atoms with Gasteiger partial charge in [-0.2, -0.15) is 0 Å². The van der Waals surface area contributed by atoms with Gasteiger partial charge in [-0.1, -0.05) is 55.5 Å². The number of amides is 2. The molecule has 4 aliphatic heterocycles. The average Bonchev–Trinajstić information content (AvgIpc) is 3.79. The topological polar surface area (TPSA) is 82.6 Å². The quantitative estimate of drug-likeness (QED) is 0.353. The molecule has 0 aromatic heterocycles. The van der Waals surface area contributed by atoms with E-state index in [4.69, 9.17) is 9.47 Å². The molecule has 0 spiro atoms. The van der Waals surface area contributed by atoms with Crippen LogP contribution in [0.2, 0.25) is 0 Å². The van der Waals surface area contributed by atoms with Crippen molar-refractivity contribution >= 4 is 17.5 Å². The zero-order valence-corrected chi connectivity index (χ0v) is 25.3. The summed E-state index contributed by atoms with van der Waals surface area (Å²) in [5.74, 6) is -0.557. The summed E-state index contributed by atoms with van der Waals surface area (Å²) in [4.78, 5) is 33.0. The molecule has 0 saturated carbocycles. The van der Waals surface area contributed by atoms with E-state index in [9.17, 15) is 14.7 Å². The number of rotatable bonds is 8. The van der Waals surface area contributed by atoms with Gasteiger partial charge in [-0.3, -0.25) is 14.5 Å². The molecule has 3 aromatic carbocycles. The molecular formula is C36H41N3O5. The second-order valence-electron chi connectivity index (χ2n) is 12.7. The number of imide groups is 1. The first-order valence-electron chi connectivity index (χ1n) is 16.0. The van der Waals surface area contributed by atoms with Gasteiger partial charge in [0.25, 0.3) is 11.8 Å². The van der Waals surface area contributed by atoms with Crippen molar-refractivity contribution in [1.82, 2.24) is 9.80 Å². The summed E-state index contributed by atoms with van der Waals surface area (Å²) in [5, 5.41) is 9.61. The molecule has 8 nitrogen and oxygen atoms in total. The molecule has 5 unspecified atom stereocenters. The summed E-state index contributed by atoms with van der Waals surface area (Å²) >= 11 is 0. The standard InChI is InChI=1S/C36H41N3O5/c1-24-32(22-38-19-7-10-29(38)21-37-17-4-5-18-37)43-36(44-33(24)26-15-13-25(23-40)14-16-26)27-8-6-9-28(20-27)39-34(41)30-11-2-3-12-31(30)35(39)42/h2-3,6,8-9,11-16,20,24,29,32-33,36,40H,4-5,7,10,17-19,21-23H2,1H3. The third kappa shape index (κ3) is 5.61. The van der Waals surface area contributed by atoms with Crippen LogP contribution in [0.3, 0.4) is 0 Å². The number of aliphatic hydroxyl groups is 1. The molecule has 4 aliphatic rings. The van der Waals surface area contributed by atoms with Crippen molar-refractivity contribution in [3.05, 3.63) is 101 Å². The Morgan fingerprint density at radius 3 is 2.23 bits per heavy atom. The Morgan fingerprint density at radius 1 is 0.795 bits per heavy atom. The smallest absolute Gasteiger partial charge is 0.266 e. The highest BCUT2D eigenvalue weighted by Gasteiger charge is 2.42. The van der Waals surface area contributed by atoms with Crippen molar-refractivity contribution in [3.63, 3.8) is 0 Å². The Labute approximate surface area is 259 Å². The number of benzene rings is 3. The van der Waals surface area contributed by atoms with Crippen molar-refractivity contribution in [2.45, 2.75) is 63.8 Å². The monoisotopic (exact) mass is 595 g/mol. The molecule has 7 rings (SSSR count). The van der Waals surface area contributed by atoms with Crippen LogP contribution in [0, 0.1) is 5.92 Å². The lowest BCUT2D eigenvalue weighted by molar-refractivity contribution is -0.276. The molecule has 230 valence electrons. The molecular weight excluding hydrogens is 554 g/mol. The van der Waals surface area contributed by atoms with Gasteiger partial charge in [-0.25, -0.2) is 4.90 Å². The van der Waals surface area contributed by atoms with Crippen LogP contribution in [-0.4, -0.2) is 71.6 Å². The number of aliphatic hydroxyl groups excluding tert-OH is 1. The predicted octanol–water partition coefficient (Wildman–Crippen LogP) is 5.33. The lowest BCUT2D eigenvalue weighted by Gasteiger charge is -2.43. The molecule has 2 amide bonds. The second-order valence-corrected chi connectivity index (χ2v) is 12.7. The van der Waals surface area contributed by atoms with Gasteiger partial charge in [-0.05, 0) is 80.7 Å². The van der Waals surface area contributed by atoms with Gasteiger partial charge in [0, 0.05) is 30.6 Å². The van der Waals surface area contributed by atoms with Gasteiger partial charge in [0.2, 0.25) is 0 Å². The van der Waals surface area contributed by atoms with E-state index < -0.39 is 6.29 Å². The largest absolute Gasteiger partial charge is 0.392 e. The van der Waals surface area contributed by atoms with Crippen LogP contribution in [0.4, 0.5) is 5.69 Å². The number of carbonyl (C=O) groups is 2. The van der Waals surface area contributed by atoms with Crippen molar-refractivity contribution < 1.29 is 24.2 Å². The van der Waals surface area contributed by atoms with Gasteiger partial charge >= 0.3 is 0 Å². The summed E-state index contributed by atoms with van der Waals surface area (Å²) in [6, 6.07) is 22.9. The minimum absolute atomic E-state index is 0.00626. The lowest BCUT2D eigenvalue weighted by atomic mass is 9.90. The molecule has 3 saturated heterocycles. The van der Waals surface area contributed by atoms with Crippen molar-refractivity contribution in [2.75, 3.05) is 37.6 Å². The van der Waals surface area contributed by atoms with E-state index in [0.717, 1.165) is 36.3 Å². The molecule has 4 heterocycles. The predicted molar refractivity (Wildman–Crippen MR) is 167 cm³/mol. The number of anilines is 1. The van der Waals surface area contributed by atoms with E-state index in [1.807, 2.05) is 42.5 Å². The summed E-state index contributed by atoms with van der Waals surface area (Å²) in [6.45, 7) is 7.61. The molecule has 3 fully saturated rings. The van der Waals surface area contributed by atoms with Crippen molar-refractivity contribution in [1.29, 1.82) is 0 Å². The third-order valence-corrected chi connectivity index (χ3v) is 9.90. The van der Waals surface area contributed by atoms with Crippen molar-refractivity contribution in [2.24, 2.45) is 5.92 Å². The minimum Gasteiger partial charge on any atom is -0.392 e. The Morgan fingerprint density at radius 2 is 1.52 bits per heavy atom. The molecule has 0 aliphatic carbocycles. The van der Waals surface area contributed by atoms with E-state index in [1.165, 1.54) is 43.7 Å². The molecule has 0 bridgehead atoms. The van der Waals surface area contributed by atoms with Crippen LogP contribution in [0.1, 0.15) is 82.4 Å². The number of hydrogen-bond acceptors (Lipinski definition) is 7. The van der Waals surface area contributed by atoms with Crippen LogP contribution in [0.15, 0.2) is 72.8 Å². The van der Waals surface area contributed by atoms with Crippen LogP contribution in [0.5, 0.6) is 0 Å². The molecule has 5 atom stereocenters. The summed E-state index contributed by atoms with van der Waals surface area (Å²) in [5.41, 5.74) is 4.01. The Balaban J connectivity index is 1.16. The molecule has 44 heavy (non-hydrogen) atoms. The Kier molecular flexibility index (Phi) is 8.35. The second kappa shape index (κ2) is 12.5. The van der Waals surface area contributed by atoms with E-state index in [2.05, 4.69) is 16.7 Å². The van der Waals surface area contributed by atoms with Gasteiger partial charge < -0.3 is 19.5 Å². The maximum Gasteiger partial charge on any atom is 0.266 e. The van der Waals surface area contributed by atoms with Crippen molar-refractivity contribution in [3.8, 4) is 0 Å². The maximum atomic E-state index is 13.2. The average molecular weight is 596 g/mol. The number of hydrogen-bond donors (Lipinski definition) is 1. The number of nitrogens with zero attached hydrogens (tertiary/aromatic N) is 3.